The summed E-state index contributed by atoms with van der Waals surface area (Å²) in [7, 11) is -1.36. The van der Waals surface area contributed by atoms with E-state index in [9.17, 15) is 0 Å². The first-order chi connectivity index (χ1) is 11.8. The van der Waals surface area contributed by atoms with Crippen LogP contribution in [0.2, 0.25) is 6.82 Å². The zero-order chi connectivity index (χ0) is 18.6. The summed E-state index contributed by atoms with van der Waals surface area (Å²) in [6, 6.07) is 14.0. The van der Waals surface area contributed by atoms with E-state index in [1.807, 2.05) is 12.1 Å². The number of benzene rings is 2. The van der Waals surface area contributed by atoms with Gasteiger partial charge in [0.15, 0.2) is 0 Å². The first kappa shape index (κ1) is 19.8. The fourth-order valence-electron chi connectivity index (χ4n) is 2.86. The average molecular weight is 338 g/mol. The first-order valence-corrected chi connectivity index (χ1v) is 9.00. The van der Waals surface area contributed by atoms with E-state index in [4.69, 9.17) is 14.7 Å². The van der Waals surface area contributed by atoms with Gasteiger partial charge >= 0.3 is 14.0 Å². The molecular weight excluding hydrogens is 310 g/mol. The molecule has 0 bridgehead atoms. The second-order valence-corrected chi connectivity index (χ2v) is 7.26. The second-order valence-electron chi connectivity index (χ2n) is 7.26. The van der Waals surface area contributed by atoms with Crippen LogP contribution in [0.25, 0.3) is 0 Å². The molecule has 0 saturated carbocycles. The molecule has 3 rings (SSSR count). The third-order valence-electron chi connectivity index (χ3n) is 4.66. The maximum atomic E-state index is 8.81. The minimum Gasteiger partial charge on any atom is -0.427 e. The van der Waals surface area contributed by atoms with Crippen molar-refractivity contribution in [2.45, 2.75) is 53.0 Å². The van der Waals surface area contributed by atoms with Gasteiger partial charge in [0, 0.05) is 0 Å². The Morgan fingerprint density at radius 1 is 0.920 bits per heavy atom. The van der Waals surface area contributed by atoms with E-state index in [0.717, 1.165) is 6.61 Å². The van der Waals surface area contributed by atoms with Crippen LogP contribution in [-0.4, -0.2) is 24.1 Å². The van der Waals surface area contributed by atoms with Crippen molar-refractivity contribution in [3.8, 4) is 0 Å². The lowest BCUT2D eigenvalue weighted by molar-refractivity contribution is 0.333. The van der Waals surface area contributed by atoms with E-state index in [0.29, 0.717) is 17.3 Å². The van der Waals surface area contributed by atoms with Crippen molar-refractivity contribution in [1.82, 2.24) is 0 Å². The third kappa shape index (κ3) is 5.21. The molecule has 1 aliphatic rings. The number of fused-ring (bicyclic) bond motifs is 1. The molecule has 5 heteroatoms. The summed E-state index contributed by atoms with van der Waals surface area (Å²) in [6.45, 7) is 11.8. The second kappa shape index (κ2) is 8.70. The average Bonchev–Trinajstić information content (AvgIpc) is 2.96. The summed E-state index contributed by atoms with van der Waals surface area (Å²) in [5, 5.41) is 17.6. The molecule has 0 saturated heterocycles. The molecule has 2 aromatic carbocycles. The van der Waals surface area contributed by atoms with E-state index in [-0.39, 0.29) is 6.92 Å². The molecular formula is C20H28B2O3. The van der Waals surface area contributed by atoms with Gasteiger partial charge in [0.1, 0.15) is 0 Å². The molecule has 1 aliphatic heterocycles. The van der Waals surface area contributed by atoms with Gasteiger partial charge in [-0.05, 0) is 39.5 Å². The lowest BCUT2D eigenvalue weighted by Gasteiger charge is -2.07. The number of hydrogen-bond donors (Lipinski definition) is 2. The van der Waals surface area contributed by atoms with Gasteiger partial charge < -0.3 is 14.7 Å². The Balaban J connectivity index is 0.000000181. The number of hydrogen-bond acceptors (Lipinski definition) is 3. The molecule has 0 aromatic heterocycles. The summed E-state index contributed by atoms with van der Waals surface area (Å²) in [5.41, 5.74) is 5.90. The molecule has 0 aliphatic carbocycles. The highest BCUT2D eigenvalue weighted by Gasteiger charge is 2.23. The Labute approximate surface area is 152 Å². The standard InChI is InChI=1S/C11H15BO.C9H13BO2/c1-8(2)9-4-5-11-10(6-9)7-13-12(11)3;1-7(2)8-3-5-9(6-4-8)10(11)12/h4-6,8H,7H2,1-3H3;3-7,11-12H,1-2H3. The molecule has 0 radical (unpaired) electrons. The lowest BCUT2D eigenvalue weighted by atomic mass is 9.64. The Kier molecular flexibility index (Phi) is 6.88. The van der Waals surface area contributed by atoms with Crippen molar-refractivity contribution in [1.29, 1.82) is 0 Å². The van der Waals surface area contributed by atoms with Crippen molar-refractivity contribution in [3.05, 3.63) is 59.2 Å². The molecule has 0 amide bonds. The Bertz CT molecular complexity index is 655. The fraction of sp³-hybridized carbons (Fsp3) is 0.400. The molecule has 132 valence electrons. The van der Waals surface area contributed by atoms with Gasteiger partial charge in [-0.25, -0.2) is 0 Å². The molecule has 2 aromatic rings. The van der Waals surface area contributed by atoms with Gasteiger partial charge in [-0.15, -0.1) is 0 Å². The monoisotopic (exact) mass is 338 g/mol. The summed E-state index contributed by atoms with van der Waals surface area (Å²) >= 11 is 0. The van der Waals surface area contributed by atoms with Gasteiger partial charge in [0.2, 0.25) is 0 Å². The molecule has 3 nitrogen and oxygen atoms in total. The summed E-state index contributed by atoms with van der Waals surface area (Å²) < 4.78 is 5.56. The minimum atomic E-state index is -1.36. The zero-order valence-electron chi connectivity index (χ0n) is 15.9. The minimum absolute atomic E-state index is 0.288. The van der Waals surface area contributed by atoms with E-state index in [1.54, 1.807) is 12.1 Å². The molecule has 0 spiro atoms. The van der Waals surface area contributed by atoms with Crippen molar-refractivity contribution < 1.29 is 14.7 Å². The van der Waals surface area contributed by atoms with Gasteiger partial charge in [0.25, 0.3) is 0 Å². The van der Waals surface area contributed by atoms with Gasteiger partial charge in [0.05, 0.1) is 6.61 Å². The summed E-state index contributed by atoms with van der Waals surface area (Å²) in [6.07, 6.45) is 0. The summed E-state index contributed by atoms with van der Waals surface area (Å²) in [4.78, 5) is 0. The van der Waals surface area contributed by atoms with Crippen LogP contribution in [0.4, 0.5) is 0 Å². The van der Waals surface area contributed by atoms with Gasteiger partial charge in [-0.3, -0.25) is 0 Å². The molecule has 25 heavy (non-hydrogen) atoms. The van der Waals surface area contributed by atoms with E-state index in [1.165, 1.54) is 22.2 Å². The molecule has 0 unspecified atom stereocenters. The predicted octanol–water partition coefficient (Wildman–Crippen LogP) is 2.66. The van der Waals surface area contributed by atoms with Crippen LogP contribution in [0, 0.1) is 0 Å². The topological polar surface area (TPSA) is 49.7 Å². The SMILES string of the molecule is CB1OCc2cc(C(C)C)ccc21.CC(C)c1ccc(B(O)O)cc1. The van der Waals surface area contributed by atoms with Crippen LogP contribution in [0.5, 0.6) is 0 Å². The predicted molar refractivity (Wildman–Crippen MR) is 107 cm³/mol. The van der Waals surface area contributed by atoms with E-state index in [2.05, 4.69) is 52.7 Å². The highest BCUT2D eigenvalue weighted by atomic mass is 16.4. The smallest absolute Gasteiger partial charge is 0.427 e. The first-order valence-electron chi connectivity index (χ1n) is 9.00. The van der Waals surface area contributed by atoms with E-state index >= 15 is 0 Å². The Morgan fingerprint density at radius 2 is 1.48 bits per heavy atom. The Hall–Kier alpha value is -1.55. The Morgan fingerprint density at radius 3 is 2.00 bits per heavy atom. The molecule has 2 N–H and O–H groups in total. The van der Waals surface area contributed by atoms with Crippen molar-refractivity contribution in [2.24, 2.45) is 0 Å². The van der Waals surface area contributed by atoms with Crippen molar-refractivity contribution in [3.63, 3.8) is 0 Å². The van der Waals surface area contributed by atoms with Crippen molar-refractivity contribution >= 4 is 25.0 Å². The highest BCUT2D eigenvalue weighted by molar-refractivity contribution is 6.67. The van der Waals surface area contributed by atoms with Crippen LogP contribution in [0.1, 0.15) is 56.2 Å². The van der Waals surface area contributed by atoms with Crippen LogP contribution in [-0.2, 0) is 11.3 Å². The maximum Gasteiger partial charge on any atom is 0.488 e. The van der Waals surface area contributed by atoms with Crippen LogP contribution in [0.15, 0.2) is 42.5 Å². The van der Waals surface area contributed by atoms with Gasteiger partial charge in [-0.1, -0.05) is 77.0 Å². The lowest BCUT2D eigenvalue weighted by Crippen LogP contribution is -2.29. The zero-order valence-corrected chi connectivity index (χ0v) is 15.9. The normalized spacial score (nSPS) is 12.9. The van der Waals surface area contributed by atoms with Gasteiger partial charge in [-0.2, -0.15) is 0 Å². The summed E-state index contributed by atoms with van der Waals surface area (Å²) in [5.74, 6) is 1.09. The highest BCUT2D eigenvalue weighted by Crippen LogP contribution is 2.18. The van der Waals surface area contributed by atoms with Crippen LogP contribution >= 0.6 is 0 Å². The quantitative estimate of drug-likeness (QED) is 0.846. The number of rotatable bonds is 3. The van der Waals surface area contributed by atoms with Crippen LogP contribution < -0.4 is 10.9 Å². The maximum absolute atomic E-state index is 8.81. The van der Waals surface area contributed by atoms with Crippen molar-refractivity contribution in [2.75, 3.05) is 0 Å². The van der Waals surface area contributed by atoms with Crippen LogP contribution in [0.3, 0.4) is 0 Å². The van der Waals surface area contributed by atoms with E-state index < -0.39 is 7.12 Å². The molecule has 0 fully saturated rings. The largest absolute Gasteiger partial charge is 0.488 e. The molecule has 1 heterocycles. The fourth-order valence-corrected chi connectivity index (χ4v) is 2.86. The molecule has 0 atom stereocenters. The third-order valence-corrected chi connectivity index (χ3v) is 4.66.